The maximum absolute atomic E-state index is 12.2. The van der Waals surface area contributed by atoms with Crippen molar-refractivity contribution in [3.05, 3.63) is 84.4 Å². The second-order valence-corrected chi connectivity index (χ2v) is 8.05. The molecule has 0 aliphatic carbocycles. The van der Waals surface area contributed by atoms with Crippen molar-refractivity contribution < 1.29 is 17.9 Å². The maximum atomic E-state index is 12.2. The molecule has 0 saturated carbocycles. The molecule has 138 valence electrons. The summed E-state index contributed by atoms with van der Waals surface area (Å²) in [5.41, 5.74) is 1.59. The van der Waals surface area contributed by atoms with Crippen molar-refractivity contribution >= 4 is 21.4 Å². The average molecular weight is 381 g/mol. The number of rotatable bonds is 6. The van der Waals surface area contributed by atoms with E-state index in [0.29, 0.717) is 11.4 Å². The lowest BCUT2D eigenvalue weighted by Gasteiger charge is -2.09. The molecule has 0 fully saturated rings. The van der Waals surface area contributed by atoms with E-state index >= 15 is 0 Å². The summed E-state index contributed by atoms with van der Waals surface area (Å²) in [5.74, 6) is 0.140. The van der Waals surface area contributed by atoms with Crippen LogP contribution in [0.4, 0.5) is 5.69 Å². The van der Waals surface area contributed by atoms with Gasteiger partial charge in [-0.25, -0.2) is 8.42 Å². The van der Waals surface area contributed by atoms with Gasteiger partial charge in [-0.3, -0.25) is 4.79 Å². The molecule has 0 bridgehead atoms. The summed E-state index contributed by atoms with van der Waals surface area (Å²) in [4.78, 5) is 12.2. The van der Waals surface area contributed by atoms with E-state index in [1.807, 2.05) is 31.2 Å². The predicted octanol–water partition coefficient (Wildman–Crippen LogP) is 4.20. The molecular weight excluding hydrogens is 362 g/mol. The van der Waals surface area contributed by atoms with Gasteiger partial charge in [-0.2, -0.15) is 0 Å². The first-order chi connectivity index (χ1) is 12.9. The predicted molar refractivity (Wildman–Crippen MR) is 105 cm³/mol. The molecule has 0 atom stereocenters. The third-order valence-electron chi connectivity index (χ3n) is 3.79. The van der Waals surface area contributed by atoms with Crippen LogP contribution in [0, 0.1) is 6.92 Å². The number of carbonyl (C=O) groups excluding carboxylic acids is 1. The van der Waals surface area contributed by atoms with E-state index in [4.69, 9.17) is 4.74 Å². The first-order valence-electron chi connectivity index (χ1n) is 8.35. The minimum atomic E-state index is -3.67. The summed E-state index contributed by atoms with van der Waals surface area (Å²) in [6, 6.07) is 22.3. The Bertz CT molecular complexity index is 1030. The Morgan fingerprint density at radius 2 is 1.59 bits per heavy atom. The number of amides is 1. The van der Waals surface area contributed by atoms with Crippen LogP contribution in [0.15, 0.2) is 83.8 Å². The van der Waals surface area contributed by atoms with Crippen LogP contribution >= 0.6 is 0 Å². The van der Waals surface area contributed by atoms with Crippen molar-refractivity contribution in [2.45, 2.75) is 11.8 Å². The summed E-state index contributed by atoms with van der Waals surface area (Å²) in [5, 5.41) is 2.59. The molecule has 0 heterocycles. The van der Waals surface area contributed by atoms with Crippen LogP contribution < -0.4 is 10.1 Å². The molecule has 0 radical (unpaired) electrons. The van der Waals surface area contributed by atoms with E-state index in [1.165, 1.54) is 12.1 Å². The zero-order valence-electron chi connectivity index (χ0n) is 14.8. The topological polar surface area (TPSA) is 72.5 Å². The molecular formula is C21H19NO4S. The number of benzene rings is 3. The van der Waals surface area contributed by atoms with Gasteiger partial charge in [0.2, 0.25) is 5.91 Å². The van der Waals surface area contributed by atoms with Crippen LogP contribution in [-0.2, 0) is 14.6 Å². The van der Waals surface area contributed by atoms with Crippen LogP contribution in [-0.4, -0.2) is 20.1 Å². The smallest absolute Gasteiger partial charge is 0.239 e. The number of carbonyl (C=O) groups is 1. The van der Waals surface area contributed by atoms with Gasteiger partial charge < -0.3 is 10.1 Å². The van der Waals surface area contributed by atoms with Crippen molar-refractivity contribution in [3.8, 4) is 11.5 Å². The van der Waals surface area contributed by atoms with Gasteiger partial charge in [-0.05, 0) is 61.0 Å². The van der Waals surface area contributed by atoms with Gasteiger partial charge in [0.25, 0.3) is 0 Å². The molecule has 3 aromatic rings. The van der Waals surface area contributed by atoms with Crippen molar-refractivity contribution in [1.82, 2.24) is 0 Å². The number of anilines is 1. The van der Waals surface area contributed by atoms with E-state index in [2.05, 4.69) is 5.32 Å². The summed E-state index contributed by atoms with van der Waals surface area (Å²) in [7, 11) is -3.67. The average Bonchev–Trinajstić information content (AvgIpc) is 2.64. The van der Waals surface area contributed by atoms with E-state index in [1.54, 1.807) is 42.5 Å². The Morgan fingerprint density at radius 3 is 2.26 bits per heavy atom. The Hall–Kier alpha value is -3.12. The van der Waals surface area contributed by atoms with Gasteiger partial charge in [-0.1, -0.05) is 30.3 Å². The first-order valence-corrected chi connectivity index (χ1v) is 10.00. The summed E-state index contributed by atoms with van der Waals surface area (Å²) in [6.07, 6.45) is 0. The molecule has 3 rings (SSSR count). The highest BCUT2D eigenvalue weighted by atomic mass is 32.2. The van der Waals surface area contributed by atoms with Gasteiger partial charge in [0.05, 0.1) is 4.90 Å². The molecule has 0 saturated heterocycles. The minimum Gasteiger partial charge on any atom is -0.457 e. The molecule has 0 aromatic heterocycles. The van der Waals surface area contributed by atoms with E-state index < -0.39 is 21.5 Å². The zero-order chi connectivity index (χ0) is 19.3. The lowest BCUT2D eigenvalue weighted by molar-refractivity contribution is -0.113. The van der Waals surface area contributed by atoms with Crippen LogP contribution in [0.3, 0.4) is 0 Å². The first kappa shape index (κ1) is 18.7. The molecule has 27 heavy (non-hydrogen) atoms. The normalized spacial score (nSPS) is 11.0. The van der Waals surface area contributed by atoms with Crippen LogP contribution in [0.25, 0.3) is 0 Å². The summed E-state index contributed by atoms with van der Waals surface area (Å²) < 4.78 is 30.2. The highest BCUT2D eigenvalue weighted by Crippen LogP contribution is 2.23. The van der Waals surface area contributed by atoms with Gasteiger partial charge in [-0.15, -0.1) is 0 Å². The molecule has 0 unspecified atom stereocenters. The standard InChI is InChI=1S/C21H19NO4S/c1-16-6-5-7-19(14-16)26-18-12-10-17(11-13-18)22-21(23)15-27(24,25)20-8-3-2-4-9-20/h2-14H,15H2,1H3,(H,22,23). The molecule has 0 aliphatic rings. The van der Waals surface area contributed by atoms with Crippen molar-refractivity contribution in [1.29, 1.82) is 0 Å². The zero-order valence-corrected chi connectivity index (χ0v) is 15.6. The van der Waals surface area contributed by atoms with Crippen LogP contribution in [0.1, 0.15) is 5.56 Å². The van der Waals surface area contributed by atoms with Crippen LogP contribution in [0.2, 0.25) is 0 Å². The van der Waals surface area contributed by atoms with Gasteiger partial charge in [0, 0.05) is 5.69 Å². The summed E-state index contributed by atoms with van der Waals surface area (Å²) in [6.45, 7) is 1.98. The number of aryl methyl sites for hydroxylation is 1. The van der Waals surface area contributed by atoms with E-state index in [9.17, 15) is 13.2 Å². The molecule has 0 aliphatic heterocycles. The fraction of sp³-hybridized carbons (Fsp3) is 0.0952. The van der Waals surface area contributed by atoms with Gasteiger partial charge in [0.15, 0.2) is 9.84 Å². The molecule has 0 spiro atoms. The maximum Gasteiger partial charge on any atom is 0.239 e. The number of ether oxygens (including phenoxy) is 1. The molecule has 1 N–H and O–H groups in total. The monoisotopic (exact) mass is 381 g/mol. The highest BCUT2D eigenvalue weighted by Gasteiger charge is 2.19. The number of hydrogen-bond donors (Lipinski definition) is 1. The SMILES string of the molecule is Cc1cccc(Oc2ccc(NC(=O)CS(=O)(=O)c3ccccc3)cc2)c1. The Balaban J connectivity index is 1.62. The largest absolute Gasteiger partial charge is 0.457 e. The Labute approximate surface area is 158 Å². The lowest BCUT2D eigenvalue weighted by Crippen LogP contribution is -2.22. The second kappa shape index (κ2) is 8.05. The summed E-state index contributed by atoms with van der Waals surface area (Å²) >= 11 is 0. The van der Waals surface area contributed by atoms with Gasteiger partial charge >= 0.3 is 0 Å². The molecule has 3 aromatic carbocycles. The highest BCUT2D eigenvalue weighted by molar-refractivity contribution is 7.92. The Kier molecular flexibility index (Phi) is 5.57. The molecule has 1 amide bonds. The third-order valence-corrected chi connectivity index (χ3v) is 5.42. The number of sulfone groups is 1. The van der Waals surface area contributed by atoms with Crippen LogP contribution in [0.5, 0.6) is 11.5 Å². The number of nitrogens with one attached hydrogen (secondary N) is 1. The molecule has 5 nitrogen and oxygen atoms in total. The molecule has 6 heteroatoms. The fourth-order valence-corrected chi connectivity index (χ4v) is 3.66. The quantitative estimate of drug-likeness (QED) is 0.695. The second-order valence-electron chi connectivity index (χ2n) is 6.06. The minimum absolute atomic E-state index is 0.127. The number of hydrogen-bond acceptors (Lipinski definition) is 4. The third kappa shape index (κ3) is 5.18. The van der Waals surface area contributed by atoms with Gasteiger partial charge in [0.1, 0.15) is 17.3 Å². The van der Waals surface area contributed by atoms with Crippen molar-refractivity contribution in [2.24, 2.45) is 0 Å². The van der Waals surface area contributed by atoms with E-state index in [0.717, 1.165) is 11.3 Å². The lowest BCUT2D eigenvalue weighted by atomic mass is 10.2. The van der Waals surface area contributed by atoms with Crippen molar-refractivity contribution in [3.63, 3.8) is 0 Å². The van der Waals surface area contributed by atoms with E-state index in [-0.39, 0.29) is 4.90 Å². The fourth-order valence-electron chi connectivity index (χ4n) is 2.50. The Morgan fingerprint density at radius 1 is 0.889 bits per heavy atom. The van der Waals surface area contributed by atoms with Crippen molar-refractivity contribution in [2.75, 3.05) is 11.1 Å².